The molecule has 2 heterocycles. The molecule has 1 aliphatic carbocycles. The van der Waals surface area contributed by atoms with E-state index in [4.69, 9.17) is 0 Å². The van der Waals surface area contributed by atoms with E-state index in [0.29, 0.717) is 38.1 Å². The summed E-state index contributed by atoms with van der Waals surface area (Å²) in [7, 11) is 0. The van der Waals surface area contributed by atoms with E-state index in [1.165, 1.54) is 6.08 Å². The van der Waals surface area contributed by atoms with Gasteiger partial charge in [0.2, 0.25) is 17.7 Å². The number of carbonyl (C=O) groups excluding carboxylic acids is 4. The van der Waals surface area contributed by atoms with E-state index in [1.54, 1.807) is 11.0 Å². The predicted molar refractivity (Wildman–Crippen MR) is 116 cm³/mol. The predicted octanol–water partition coefficient (Wildman–Crippen LogP) is 1.54. The minimum atomic E-state index is -0.724. The SMILES string of the molecule is O=C[C@H](C[C@@H]1CCNC1=O)NC(=O)[C@H]1[C@@H]2CCC[C@H]2CN1C(=O)/C=C/c1ccccc1. The third kappa shape index (κ3) is 4.70. The van der Waals surface area contributed by atoms with E-state index >= 15 is 0 Å². The lowest BCUT2D eigenvalue weighted by Crippen LogP contribution is -2.51. The lowest BCUT2D eigenvalue weighted by atomic mass is 9.92. The highest BCUT2D eigenvalue weighted by Crippen LogP contribution is 2.42. The maximum Gasteiger partial charge on any atom is 0.247 e. The molecule has 0 radical (unpaired) electrons. The summed E-state index contributed by atoms with van der Waals surface area (Å²) in [6, 6.07) is 8.27. The molecule has 3 aliphatic rings. The summed E-state index contributed by atoms with van der Waals surface area (Å²) in [6.07, 6.45) is 7.93. The number of nitrogens with zero attached hydrogens (tertiary/aromatic N) is 1. The highest BCUT2D eigenvalue weighted by atomic mass is 16.2. The lowest BCUT2D eigenvalue weighted by Gasteiger charge is -2.27. The average molecular weight is 424 g/mol. The Labute approximate surface area is 182 Å². The second kappa shape index (κ2) is 9.45. The lowest BCUT2D eigenvalue weighted by molar-refractivity contribution is -0.137. The Bertz CT molecular complexity index is 869. The van der Waals surface area contributed by atoms with Gasteiger partial charge in [-0.2, -0.15) is 0 Å². The van der Waals surface area contributed by atoms with Crippen LogP contribution in [-0.2, 0) is 19.2 Å². The molecule has 1 aromatic carbocycles. The summed E-state index contributed by atoms with van der Waals surface area (Å²) in [5, 5.41) is 5.58. The second-order valence-electron chi connectivity index (χ2n) is 8.80. The molecular weight excluding hydrogens is 394 g/mol. The Morgan fingerprint density at radius 1 is 1.19 bits per heavy atom. The Morgan fingerprint density at radius 2 is 2.00 bits per heavy atom. The van der Waals surface area contributed by atoms with Gasteiger partial charge in [0.25, 0.3) is 0 Å². The molecule has 7 nitrogen and oxygen atoms in total. The van der Waals surface area contributed by atoms with Gasteiger partial charge in [0.05, 0.1) is 6.04 Å². The van der Waals surface area contributed by atoms with Gasteiger partial charge in [-0.25, -0.2) is 0 Å². The van der Waals surface area contributed by atoms with Crippen molar-refractivity contribution in [3.8, 4) is 0 Å². The summed E-state index contributed by atoms with van der Waals surface area (Å²) in [4.78, 5) is 51.3. The highest BCUT2D eigenvalue weighted by Gasteiger charge is 2.49. The number of likely N-dealkylation sites (tertiary alicyclic amines) is 1. The van der Waals surface area contributed by atoms with E-state index < -0.39 is 12.1 Å². The normalized spacial score (nSPS) is 28.4. The fourth-order valence-electron chi connectivity index (χ4n) is 5.29. The van der Waals surface area contributed by atoms with Crippen molar-refractivity contribution in [3.63, 3.8) is 0 Å². The molecule has 31 heavy (non-hydrogen) atoms. The Kier molecular flexibility index (Phi) is 6.49. The monoisotopic (exact) mass is 423 g/mol. The number of fused-ring (bicyclic) bond motifs is 1. The highest BCUT2D eigenvalue weighted by molar-refractivity contribution is 5.96. The largest absolute Gasteiger partial charge is 0.356 e. The van der Waals surface area contributed by atoms with Gasteiger partial charge in [0, 0.05) is 25.1 Å². The molecule has 2 aliphatic heterocycles. The number of nitrogens with one attached hydrogen (secondary N) is 2. The number of amides is 3. The van der Waals surface area contributed by atoms with Gasteiger partial charge in [0.15, 0.2) is 0 Å². The van der Waals surface area contributed by atoms with Crippen molar-refractivity contribution >= 4 is 30.1 Å². The topological polar surface area (TPSA) is 95.6 Å². The maximum atomic E-state index is 13.2. The van der Waals surface area contributed by atoms with Gasteiger partial charge in [-0.15, -0.1) is 0 Å². The number of benzene rings is 1. The molecule has 1 aromatic rings. The smallest absolute Gasteiger partial charge is 0.247 e. The summed E-state index contributed by atoms with van der Waals surface area (Å²) >= 11 is 0. The zero-order valence-electron chi connectivity index (χ0n) is 17.5. The summed E-state index contributed by atoms with van der Waals surface area (Å²) in [5.41, 5.74) is 0.923. The Morgan fingerprint density at radius 3 is 2.71 bits per heavy atom. The van der Waals surface area contributed by atoms with Crippen molar-refractivity contribution < 1.29 is 19.2 Å². The van der Waals surface area contributed by atoms with Crippen LogP contribution < -0.4 is 10.6 Å². The first-order valence-electron chi connectivity index (χ1n) is 11.1. The van der Waals surface area contributed by atoms with E-state index in [-0.39, 0.29) is 29.6 Å². The van der Waals surface area contributed by atoms with Gasteiger partial charge in [-0.05, 0) is 49.2 Å². The van der Waals surface area contributed by atoms with Crippen LogP contribution in [0.3, 0.4) is 0 Å². The van der Waals surface area contributed by atoms with E-state index in [2.05, 4.69) is 10.6 Å². The number of hydrogen-bond acceptors (Lipinski definition) is 4. The third-order valence-electron chi connectivity index (χ3n) is 6.85. The molecule has 5 atom stereocenters. The van der Waals surface area contributed by atoms with Crippen molar-refractivity contribution in [3.05, 3.63) is 42.0 Å². The number of rotatable bonds is 7. The van der Waals surface area contributed by atoms with Crippen LogP contribution in [0.5, 0.6) is 0 Å². The Balaban J connectivity index is 1.45. The molecule has 164 valence electrons. The van der Waals surface area contributed by atoms with Gasteiger partial charge >= 0.3 is 0 Å². The molecule has 1 saturated carbocycles. The molecule has 0 spiro atoms. The number of hydrogen-bond donors (Lipinski definition) is 2. The molecule has 3 amide bonds. The first-order chi connectivity index (χ1) is 15.1. The molecule has 2 N–H and O–H groups in total. The van der Waals surface area contributed by atoms with Crippen molar-refractivity contribution in [1.29, 1.82) is 0 Å². The van der Waals surface area contributed by atoms with E-state index in [0.717, 1.165) is 24.8 Å². The maximum absolute atomic E-state index is 13.2. The van der Waals surface area contributed by atoms with Gasteiger partial charge < -0.3 is 20.3 Å². The van der Waals surface area contributed by atoms with Crippen LogP contribution in [0.1, 0.15) is 37.7 Å². The van der Waals surface area contributed by atoms with Gasteiger partial charge in [0.1, 0.15) is 12.3 Å². The molecule has 2 saturated heterocycles. The average Bonchev–Trinajstić information content (AvgIpc) is 3.48. The quantitative estimate of drug-likeness (QED) is 0.514. The van der Waals surface area contributed by atoms with Crippen molar-refractivity contribution in [2.45, 2.75) is 44.2 Å². The molecule has 0 unspecified atom stereocenters. The van der Waals surface area contributed by atoms with Crippen LogP contribution in [0.2, 0.25) is 0 Å². The zero-order valence-corrected chi connectivity index (χ0v) is 17.5. The van der Waals surface area contributed by atoms with Crippen LogP contribution in [-0.4, -0.2) is 54.1 Å². The van der Waals surface area contributed by atoms with E-state index in [1.807, 2.05) is 30.3 Å². The zero-order chi connectivity index (χ0) is 21.8. The van der Waals surface area contributed by atoms with Crippen molar-refractivity contribution in [1.82, 2.24) is 15.5 Å². The fourth-order valence-corrected chi connectivity index (χ4v) is 5.29. The molecule has 7 heteroatoms. The molecule has 0 aromatic heterocycles. The first-order valence-corrected chi connectivity index (χ1v) is 11.1. The van der Waals surface area contributed by atoms with Crippen LogP contribution in [0, 0.1) is 17.8 Å². The second-order valence-corrected chi connectivity index (χ2v) is 8.80. The third-order valence-corrected chi connectivity index (χ3v) is 6.85. The fraction of sp³-hybridized carbons (Fsp3) is 0.500. The van der Waals surface area contributed by atoms with Crippen LogP contribution in [0.15, 0.2) is 36.4 Å². The van der Waals surface area contributed by atoms with Crippen LogP contribution >= 0.6 is 0 Å². The molecule has 0 bridgehead atoms. The van der Waals surface area contributed by atoms with Crippen molar-refractivity contribution in [2.75, 3.05) is 13.1 Å². The summed E-state index contributed by atoms with van der Waals surface area (Å²) < 4.78 is 0. The first kappa shape index (κ1) is 21.3. The van der Waals surface area contributed by atoms with Crippen molar-refractivity contribution in [2.24, 2.45) is 17.8 Å². The summed E-state index contributed by atoms with van der Waals surface area (Å²) in [6.45, 7) is 1.17. The number of carbonyl (C=O) groups is 4. The minimum absolute atomic E-state index is 0.0688. The molecular formula is C24H29N3O4. The van der Waals surface area contributed by atoms with Gasteiger partial charge in [-0.1, -0.05) is 36.8 Å². The Hall–Kier alpha value is -2.96. The van der Waals surface area contributed by atoms with Crippen LogP contribution in [0.4, 0.5) is 0 Å². The van der Waals surface area contributed by atoms with Gasteiger partial charge in [-0.3, -0.25) is 14.4 Å². The van der Waals surface area contributed by atoms with E-state index in [9.17, 15) is 19.2 Å². The number of aldehydes is 1. The standard InChI is InChI=1S/C24H29N3O4/c28-15-19(13-17-11-12-25-23(17)30)26-24(31)22-20-8-4-7-18(20)14-27(22)21(29)10-9-16-5-2-1-3-6-16/h1-3,5-6,9-10,15,17-20,22H,4,7-8,11-14H2,(H,25,30)(H,26,31)/b10-9+/t17-,18-,19-,20+,22+/m0/s1. The molecule has 4 rings (SSSR count). The summed E-state index contributed by atoms with van der Waals surface area (Å²) in [5.74, 6) is -0.357. The van der Waals surface area contributed by atoms with Crippen LogP contribution in [0.25, 0.3) is 6.08 Å². The minimum Gasteiger partial charge on any atom is -0.356 e. The molecule has 3 fully saturated rings.